The minimum Gasteiger partial charge on any atom is -0.458 e. The number of fused-ring (bicyclic) bond motifs is 1. The number of rotatable bonds is 7. The molecule has 1 amide bonds. The molecule has 167 valence electrons. The van der Waals surface area contributed by atoms with Crippen LogP contribution in [0.25, 0.3) is 11.5 Å². The topological polar surface area (TPSA) is 112 Å². The van der Waals surface area contributed by atoms with Crippen LogP contribution in [0.15, 0.2) is 40.9 Å². The number of halogens is 2. The number of amides is 1. The summed E-state index contributed by atoms with van der Waals surface area (Å²) in [6.45, 7) is 1.98. The molecule has 2 atom stereocenters. The average molecular weight is 476 g/mol. The van der Waals surface area contributed by atoms with Gasteiger partial charge in [0.05, 0.1) is 23.4 Å². The molecule has 0 bridgehead atoms. The van der Waals surface area contributed by atoms with Gasteiger partial charge in [-0.05, 0) is 30.7 Å². The molecule has 8 nitrogen and oxygen atoms in total. The lowest BCUT2D eigenvalue weighted by molar-refractivity contribution is 0.0220. The molecule has 3 heterocycles. The van der Waals surface area contributed by atoms with E-state index in [-0.39, 0.29) is 36.1 Å². The SMILES string of the molecule is CC(CO)Nc1ncc(Cl)c(-c2cc3c(o2)CCN([C@@H](O)[CH]c2cccc(Cl)c2)C3=O)n1. The molecule has 1 aromatic carbocycles. The van der Waals surface area contributed by atoms with Crippen LogP contribution in [-0.4, -0.2) is 56.4 Å². The number of benzene rings is 1. The van der Waals surface area contributed by atoms with Crippen LogP contribution in [0.3, 0.4) is 0 Å². The number of aliphatic hydroxyl groups is 2. The summed E-state index contributed by atoms with van der Waals surface area (Å²) in [6.07, 6.45) is 2.30. The van der Waals surface area contributed by atoms with Gasteiger partial charge in [-0.2, -0.15) is 0 Å². The van der Waals surface area contributed by atoms with Crippen molar-refractivity contribution in [3.8, 4) is 11.5 Å². The number of carbonyl (C=O) groups is 1. The molecule has 0 aliphatic carbocycles. The Bertz CT molecular complexity index is 1140. The lowest BCUT2D eigenvalue weighted by Gasteiger charge is -2.30. The van der Waals surface area contributed by atoms with Crippen LogP contribution in [0.4, 0.5) is 5.95 Å². The van der Waals surface area contributed by atoms with Gasteiger partial charge in [0, 0.05) is 30.5 Å². The van der Waals surface area contributed by atoms with Crippen molar-refractivity contribution in [3.05, 3.63) is 69.9 Å². The van der Waals surface area contributed by atoms with Crippen LogP contribution in [0.2, 0.25) is 10.0 Å². The second-order valence-corrected chi connectivity index (χ2v) is 8.29. The Kier molecular flexibility index (Phi) is 6.66. The summed E-state index contributed by atoms with van der Waals surface area (Å²) in [7, 11) is 0. The van der Waals surface area contributed by atoms with Gasteiger partial charge in [0.25, 0.3) is 5.91 Å². The molecule has 0 spiro atoms. The van der Waals surface area contributed by atoms with E-state index in [1.54, 1.807) is 43.7 Å². The highest BCUT2D eigenvalue weighted by atomic mass is 35.5. The van der Waals surface area contributed by atoms with E-state index in [9.17, 15) is 15.0 Å². The van der Waals surface area contributed by atoms with E-state index in [4.69, 9.17) is 27.6 Å². The minimum absolute atomic E-state index is 0.0881. The summed E-state index contributed by atoms with van der Waals surface area (Å²) in [5.74, 6) is 0.749. The first kappa shape index (κ1) is 22.5. The van der Waals surface area contributed by atoms with E-state index in [1.165, 1.54) is 11.1 Å². The summed E-state index contributed by atoms with van der Waals surface area (Å²) < 4.78 is 5.88. The number of aliphatic hydroxyl groups excluding tert-OH is 2. The van der Waals surface area contributed by atoms with E-state index in [0.717, 1.165) is 0 Å². The number of aromatic nitrogens is 2. The molecule has 0 saturated carbocycles. The smallest absolute Gasteiger partial charge is 0.259 e. The van der Waals surface area contributed by atoms with Crippen LogP contribution in [0.1, 0.15) is 28.6 Å². The van der Waals surface area contributed by atoms with Gasteiger partial charge in [0.15, 0.2) is 5.76 Å². The van der Waals surface area contributed by atoms with Gasteiger partial charge >= 0.3 is 0 Å². The minimum atomic E-state index is -1.12. The summed E-state index contributed by atoms with van der Waals surface area (Å²) in [5.41, 5.74) is 1.38. The van der Waals surface area contributed by atoms with Crippen LogP contribution in [-0.2, 0) is 6.42 Å². The molecule has 32 heavy (non-hydrogen) atoms. The van der Waals surface area contributed by atoms with Crippen molar-refractivity contribution in [2.45, 2.75) is 25.6 Å². The third-order valence-corrected chi connectivity index (χ3v) is 5.53. The van der Waals surface area contributed by atoms with E-state index in [1.807, 2.05) is 0 Å². The fraction of sp³-hybridized carbons (Fsp3) is 0.273. The molecular formula is C22H21Cl2N4O4. The Morgan fingerprint density at radius 1 is 1.34 bits per heavy atom. The van der Waals surface area contributed by atoms with Crippen molar-refractivity contribution in [3.63, 3.8) is 0 Å². The van der Waals surface area contributed by atoms with Crippen LogP contribution < -0.4 is 5.32 Å². The van der Waals surface area contributed by atoms with Gasteiger partial charge < -0.3 is 24.8 Å². The quantitative estimate of drug-likeness (QED) is 0.479. The Hall–Kier alpha value is -2.65. The summed E-state index contributed by atoms with van der Waals surface area (Å²) >= 11 is 12.3. The summed E-state index contributed by atoms with van der Waals surface area (Å²) in [6, 6.07) is 8.34. The zero-order valence-electron chi connectivity index (χ0n) is 17.1. The number of hydrogen-bond donors (Lipinski definition) is 3. The third-order valence-electron chi connectivity index (χ3n) is 5.02. The van der Waals surface area contributed by atoms with Crippen molar-refractivity contribution in [1.82, 2.24) is 14.9 Å². The number of hydrogen-bond acceptors (Lipinski definition) is 7. The lowest BCUT2D eigenvalue weighted by Crippen LogP contribution is -2.44. The highest BCUT2D eigenvalue weighted by Crippen LogP contribution is 2.33. The van der Waals surface area contributed by atoms with Crippen molar-refractivity contribution in [2.75, 3.05) is 18.5 Å². The molecule has 10 heteroatoms. The largest absolute Gasteiger partial charge is 0.458 e. The molecule has 0 fully saturated rings. The van der Waals surface area contributed by atoms with Crippen molar-refractivity contribution in [2.24, 2.45) is 0 Å². The van der Waals surface area contributed by atoms with Gasteiger partial charge in [-0.3, -0.25) is 4.79 Å². The molecule has 1 aliphatic heterocycles. The Morgan fingerprint density at radius 2 is 2.16 bits per heavy atom. The molecule has 2 aromatic heterocycles. The van der Waals surface area contributed by atoms with E-state index >= 15 is 0 Å². The summed E-state index contributed by atoms with van der Waals surface area (Å²) in [4.78, 5) is 22.9. The molecule has 0 saturated heterocycles. The van der Waals surface area contributed by atoms with Gasteiger partial charge in [0.1, 0.15) is 17.7 Å². The maximum atomic E-state index is 13.1. The zero-order chi connectivity index (χ0) is 22.8. The molecule has 3 N–H and O–H groups in total. The Balaban J connectivity index is 1.56. The fourth-order valence-corrected chi connectivity index (χ4v) is 3.77. The average Bonchev–Trinajstić information content (AvgIpc) is 3.20. The van der Waals surface area contributed by atoms with Gasteiger partial charge in [0.2, 0.25) is 5.95 Å². The van der Waals surface area contributed by atoms with E-state index in [0.29, 0.717) is 39.8 Å². The predicted octanol–water partition coefficient (Wildman–Crippen LogP) is 3.41. The molecule has 4 rings (SSSR count). The maximum Gasteiger partial charge on any atom is 0.259 e. The molecular weight excluding hydrogens is 455 g/mol. The Labute approximate surface area is 194 Å². The van der Waals surface area contributed by atoms with E-state index in [2.05, 4.69) is 15.3 Å². The number of carbonyl (C=O) groups excluding carboxylic acids is 1. The van der Waals surface area contributed by atoms with Gasteiger partial charge in [-0.1, -0.05) is 35.3 Å². The van der Waals surface area contributed by atoms with Crippen molar-refractivity contribution in [1.29, 1.82) is 0 Å². The van der Waals surface area contributed by atoms with Crippen LogP contribution >= 0.6 is 23.2 Å². The van der Waals surface area contributed by atoms with Crippen molar-refractivity contribution < 1.29 is 19.4 Å². The third kappa shape index (κ3) is 4.73. The zero-order valence-corrected chi connectivity index (χ0v) is 18.6. The first-order valence-electron chi connectivity index (χ1n) is 9.98. The van der Waals surface area contributed by atoms with Crippen LogP contribution in [0, 0.1) is 6.42 Å². The lowest BCUT2D eigenvalue weighted by atomic mass is 10.0. The first-order valence-corrected chi connectivity index (χ1v) is 10.7. The first-order chi connectivity index (χ1) is 15.4. The van der Waals surface area contributed by atoms with Gasteiger partial charge in [-0.25, -0.2) is 9.97 Å². The predicted molar refractivity (Wildman–Crippen MR) is 121 cm³/mol. The second-order valence-electron chi connectivity index (χ2n) is 7.45. The maximum absolute atomic E-state index is 13.1. The van der Waals surface area contributed by atoms with Crippen molar-refractivity contribution >= 4 is 35.1 Å². The molecule has 3 aromatic rings. The standard InChI is InChI=1S/C22H21Cl2N4O4/c1-12(11-29)26-22-25-10-16(24)20(27-22)18-9-15-17(32-18)5-6-28(21(15)31)19(30)8-13-3-2-4-14(23)7-13/h2-4,7-10,12,19,29-30H,5-6,11H2,1H3,(H,25,26,27)/t12?,19-/m0/s1. The molecule has 1 unspecified atom stereocenters. The normalized spacial score (nSPS) is 15.4. The Morgan fingerprint density at radius 3 is 2.91 bits per heavy atom. The molecule has 1 aliphatic rings. The number of anilines is 1. The van der Waals surface area contributed by atoms with Gasteiger partial charge in [-0.15, -0.1) is 0 Å². The van der Waals surface area contributed by atoms with E-state index < -0.39 is 6.23 Å². The number of furan rings is 1. The van der Waals surface area contributed by atoms with Crippen LogP contribution in [0.5, 0.6) is 0 Å². The fourth-order valence-electron chi connectivity index (χ4n) is 3.39. The molecule has 1 radical (unpaired) electrons. The summed E-state index contributed by atoms with van der Waals surface area (Å²) in [5, 5.41) is 23.6. The highest BCUT2D eigenvalue weighted by molar-refractivity contribution is 6.32. The monoisotopic (exact) mass is 475 g/mol. The number of nitrogens with one attached hydrogen (secondary N) is 1. The highest BCUT2D eigenvalue weighted by Gasteiger charge is 2.33. The second kappa shape index (κ2) is 9.46. The number of nitrogens with zero attached hydrogens (tertiary/aromatic N) is 3.